The molecule has 0 atom stereocenters. The maximum atomic E-state index is 13.5. The molecule has 0 aliphatic carbocycles. The first-order valence-corrected chi connectivity index (χ1v) is 5.51. The van der Waals surface area contributed by atoms with Gasteiger partial charge in [-0.25, -0.2) is 9.37 Å². The molecule has 0 aliphatic rings. The summed E-state index contributed by atoms with van der Waals surface area (Å²) in [7, 11) is 0. The number of carboxylic acids is 1. The lowest BCUT2D eigenvalue weighted by atomic mass is 10.2. The quantitative estimate of drug-likeness (QED) is 0.743. The van der Waals surface area contributed by atoms with Gasteiger partial charge in [-0.2, -0.15) is 0 Å². The monoisotopic (exact) mass is 247 g/mol. The van der Waals surface area contributed by atoms with Crippen LogP contribution >= 0.6 is 0 Å². The SMILES string of the molecule is O=C(O)CCc1cn2c(nc3c(F)cccc32)[nH]1. The molecule has 6 heteroatoms. The lowest BCUT2D eigenvalue weighted by Crippen LogP contribution is -1.97. The molecule has 2 heterocycles. The Bertz CT molecular complexity index is 744. The van der Waals surface area contributed by atoms with Crippen LogP contribution in [-0.2, 0) is 11.2 Å². The number of para-hydroxylation sites is 1. The molecule has 0 aliphatic heterocycles. The van der Waals surface area contributed by atoms with E-state index in [1.54, 1.807) is 22.7 Å². The summed E-state index contributed by atoms with van der Waals surface area (Å²) in [5, 5.41) is 8.62. The van der Waals surface area contributed by atoms with Crippen molar-refractivity contribution >= 4 is 22.8 Å². The number of carbonyl (C=O) groups is 1. The Morgan fingerprint density at radius 1 is 1.50 bits per heavy atom. The van der Waals surface area contributed by atoms with Crippen molar-refractivity contribution < 1.29 is 14.3 Å². The largest absolute Gasteiger partial charge is 0.481 e. The summed E-state index contributed by atoms with van der Waals surface area (Å²) < 4.78 is 15.2. The number of halogens is 1. The number of hydrogen-bond donors (Lipinski definition) is 2. The van der Waals surface area contributed by atoms with Gasteiger partial charge >= 0.3 is 5.97 Å². The molecular weight excluding hydrogens is 237 g/mol. The van der Waals surface area contributed by atoms with E-state index in [4.69, 9.17) is 5.11 Å². The highest BCUT2D eigenvalue weighted by molar-refractivity contribution is 5.80. The predicted octanol–water partition coefficient (Wildman–Crippen LogP) is 1.97. The summed E-state index contributed by atoms with van der Waals surface area (Å²) in [4.78, 5) is 17.6. The number of aryl methyl sites for hydroxylation is 1. The van der Waals surface area contributed by atoms with Crippen molar-refractivity contribution in [2.45, 2.75) is 12.8 Å². The van der Waals surface area contributed by atoms with Crippen LogP contribution in [0.25, 0.3) is 16.8 Å². The van der Waals surface area contributed by atoms with Gasteiger partial charge in [-0.15, -0.1) is 0 Å². The van der Waals surface area contributed by atoms with E-state index in [1.807, 2.05) is 0 Å². The predicted molar refractivity (Wildman–Crippen MR) is 63.0 cm³/mol. The highest BCUT2D eigenvalue weighted by Crippen LogP contribution is 2.19. The van der Waals surface area contributed by atoms with Crippen molar-refractivity contribution in [3.05, 3.63) is 35.9 Å². The number of nitrogens with one attached hydrogen (secondary N) is 1. The van der Waals surface area contributed by atoms with Gasteiger partial charge in [-0.3, -0.25) is 9.20 Å². The number of aromatic nitrogens is 3. The Morgan fingerprint density at radius 2 is 2.33 bits per heavy atom. The maximum absolute atomic E-state index is 13.5. The molecular formula is C12H10FN3O2. The zero-order chi connectivity index (χ0) is 12.7. The molecule has 2 N–H and O–H groups in total. The molecule has 92 valence electrons. The minimum atomic E-state index is -0.849. The molecule has 0 bridgehead atoms. The molecule has 3 aromatic rings. The summed E-state index contributed by atoms with van der Waals surface area (Å²) in [5.41, 5.74) is 1.75. The van der Waals surface area contributed by atoms with Crippen LogP contribution in [0.2, 0.25) is 0 Å². The molecule has 2 aromatic heterocycles. The fourth-order valence-corrected chi connectivity index (χ4v) is 2.00. The second-order valence-electron chi connectivity index (χ2n) is 4.09. The van der Waals surface area contributed by atoms with Gasteiger partial charge in [-0.05, 0) is 18.6 Å². The van der Waals surface area contributed by atoms with Gasteiger partial charge < -0.3 is 10.1 Å². The summed E-state index contributed by atoms with van der Waals surface area (Å²) >= 11 is 0. The first-order valence-electron chi connectivity index (χ1n) is 5.51. The molecule has 0 saturated carbocycles. The molecule has 3 rings (SSSR count). The van der Waals surface area contributed by atoms with E-state index < -0.39 is 5.97 Å². The van der Waals surface area contributed by atoms with E-state index >= 15 is 0 Å². The van der Waals surface area contributed by atoms with Gasteiger partial charge in [0.2, 0.25) is 5.78 Å². The van der Waals surface area contributed by atoms with Crippen molar-refractivity contribution in [1.82, 2.24) is 14.4 Å². The van der Waals surface area contributed by atoms with Crippen molar-refractivity contribution in [1.29, 1.82) is 0 Å². The number of rotatable bonds is 3. The number of fused-ring (bicyclic) bond motifs is 3. The summed E-state index contributed by atoms with van der Waals surface area (Å²) in [6.45, 7) is 0. The van der Waals surface area contributed by atoms with E-state index in [9.17, 15) is 9.18 Å². The van der Waals surface area contributed by atoms with E-state index in [0.29, 0.717) is 23.2 Å². The molecule has 0 amide bonds. The van der Waals surface area contributed by atoms with Gasteiger partial charge in [-0.1, -0.05) is 6.07 Å². The summed E-state index contributed by atoms with van der Waals surface area (Å²) in [5.74, 6) is -0.690. The third-order valence-corrected chi connectivity index (χ3v) is 2.84. The Balaban J connectivity index is 2.08. The highest BCUT2D eigenvalue weighted by atomic mass is 19.1. The van der Waals surface area contributed by atoms with Gasteiger partial charge in [0.1, 0.15) is 5.52 Å². The molecule has 0 radical (unpaired) electrons. The lowest BCUT2D eigenvalue weighted by Gasteiger charge is -1.93. The standard InChI is InChI=1S/C12H10FN3O2/c13-8-2-1-3-9-11(8)15-12-14-7(6-16(9)12)4-5-10(17)18/h1-3,6H,4-5H2,(H,14,15)(H,17,18). The fraction of sp³-hybridized carbons (Fsp3) is 0.167. The Kier molecular flexibility index (Phi) is 2.29. The number of aliphatic carboxylic acids is 1. The number of aromatic amines is 1. The molecule has 5 nitrogen and oxygen atoms in total. The Labute approximate surface area is 101 Å². The molecule has 1 aromatic carbocycles. The topological polar surface area (TPSA) is 70.4 Å². The normalized spacial score (nSPS) is 11.4. The van der Waals surface area contributed by atoms with Crippen molar-refractivity contribution in [2.24, 2.45) is 0 Å². The lowest BCUT2D eigenvalue weighted by molar-refractivity contribution is -0.136. The zero-order valence-electron chi connectivity index (χ0n) is 9.35. The Hall–Kier alpha value is -2.37. The molecule has 0 unspecified atom stereocenters. The number of benzene rings is 1. The minimum Gasteiger partial charge on any atom is -0.481 e. The van der Waals surface area contributed by atoms with Crippen molar-refractivity contribution in [2.75, 3.05) is 0 Å². The van der Waals surface area contributed by atoms with E-state index in [1.165, 1.54) is 6.07 Å². The van der Waals surface area contributed by atoms with E-state index in [2.05, 4.69) is 9.97 Å². The molecule has 18 heavy (non-hydrogen) atoms. The van der Waals surface area contributed by atoms with Crippen LogP contribution in [-0.4, -0.2) is 25.4 Å². The van der Waals surface area contributed by atoms with Crippen LogP contribution in [0.5, 0.6) is 0 Å². The highest BCUT2D eigenvalue weighted by Gasteiger charge is 2.11. The molecule has 0 saturated heterocycles. The first-order chi connectivity index (χ1) is 8.65. The van der Waals surface area contributed by atoms with Crippen LogP contribution in [0.1, 0.15) is 12.1 Å². The smallest absolute Gasteiger partial charge is 0.303 e. The third kappa shape index (κ3) is 1.62. The first kappa shape index (κ1) is 10.8. The Morgan fingerprint density at radius 3 is 3.11 bits per heavy atom. The average molecular weight is 247 g/mol. The van der Waals surface area contributed by atoms with Crippen LogP contribution in [0.15, 0.2) is 24.4 Å². The van der Waals surface area contributed by atoms with Crippen LogP contribution < -0.4 is 0 Å². The third-order valence-electron chi connectivity index (χ3n) is 2.84. The van der Waals surface area contributed by atoms with Crippen LogP contribution in [0.3, 0.4) is 0 Å². The minimum absolute atomic E-state index is 0.0515. The second-order valence-corrected chi connectivity index (χ2v) is 4.09. The maximum Gasteiger partial charge on any atom is 0.303 e. The summed E-state index contributed by atoms with van der Waals surface area (Å²) in [6, 6.07) is 4.75. The van der Waals surface area contributed by atoms with E-state index in [-0.39, 0.29) is 12.2 Å². The molecule has 0 spiro atoms. The van der Waals surface area contributed by atoms with Gasteiger partial charge in [0.05, 0.1) is 11.9 Å². The fourth-order valence-electron chi connectivity index (χ4n) is 2.00. The van der Waals surface area contributed by atoms with E-state index in [0.717, 1.165) is 5.69 Å². The second kappa shape index (κ2) is 3.83. The van der Waals surface area contributed by atoms with Gasteiger partial charge in [0, 0.05) is 11.9 Å². The van der Waals surface area contributed by atoms with Crippen molar-refractivity contribution in [3.8, 4) is 0 Å². The number of carboxylic acid groups (broad SMARTS) is 1. The number of imidazole rings is 2. The van der Waals surface area contributed by atoms with Crippen molar-refractivity contribution in [3.63, 3.8) is 0 Å². The molecule has 0 fully saturated rings. The number of hydrogen-bond acceptors (Lipinski definition) is 2. The number of nitrogens with zero attached hydrogens (tertiary/aromatic N) is 2. The zero-order valence-corrected chi connectivity index (χ0v) is 9.35. The van der Waals surface area contributed by atoms with Crippen LogP contribution in [0.4, 0.5) is 4.39 Å². The average Bonchev–Trinajstić information content (AvgIpc) is 2.85. The van der Waals surface area contributed by atoms with Crippen LogP contribution in [0, 0.1) is 5.82 Å². The van der Waals surface area contributed by atoms with Gasteiger partial charge in [0.25, 0.3) is 0 Å². The van der Waals surface area contributed by atoms with Gasteiger partial charge in [0.15, 0.2) is 5.82 Å². The number of H-pyrrole nitrogens is 1. The summed E-state index contributed by atoms with van der Waals surface area (Å²) in [6.07, 6.45) is 2.21.